The van der Waals surface area contributed by atoms with Crippen LogP contribution in [0.4, 0.5) is 0 Å². The molecule has 1 atom stereocenters. The summed E-state index contributed by atoms with van der Waals surface area (Å²) in [6.07, 6.45) is 1.22. The Morgan fingerprint density at radius 3 is 2.93 bits per heavy atom. The summed E-state index contributed by atoms with van der Waals surface area (Å²) in [5.41, 5.74) is 0. The number of carbonyl (C=O) groups excluding carboxylic acids is 2. The second-order valence-corrected chi connectivity index (χ2v) is 3.93. The maximum absolute atomic E-state index is 11.4. The van der Waals surface area contributed by atoms with E-state index in [9.17, 15) is 9.59 Å². The molecular formula is C10H18N2O3. The van der Waals surface area contributed by atoms with Crippen LogP contribution in [0.15, 0.2) is 0 Å². The van der Waals surface area contributed by atoms with E-state index >= 15 is 0 Å². The van der Waals surface area contributed by atoms with Gasteiger partial charge in [0.25, 0.3) is 0 Å². The van der Waals surface area contributed by atoms with Crippen molar-refractivity contribution in [1.29, 1.82) is 0 Å². The van der Waals surface area contributed by atoms with Crippen molar-refractivity contribution < 1.29 is 14.7 Å². The van der Waals surface area contributed by atoms with E-state index in [0.717, 1.165) is 6.42 Å². The van der Waals surface area contributed by atoms with Crippen LogP contribution in [0.3, 0.4) is 0 Å². The lowest BCUT2D eigenvalue weighted by Crippen LogP contribution is -2.30. The third-order valence-corrected chi connectivity index (χ3v) is 2.53. The molecule has 1 fully saturated rings. The molecule has 15 heavy (non-hydrogen) atoms. The summed E-state index contributed by atoms with van der Waals surface area (Å²) in [7, 11) is 0. The van der Waals surface area contributed by atoms with Gasteiger partial charge in [-0.25, -0.2) is 0 Å². The second-order valence-electron chi connectivity index (χ2n) is 3.93. The van der Waals surface area contributed by atoms with Gasteiger partial charge < -0.3 is 15.3 Å². The zero-order valence-corrected chi connectivity index (χ0v) is 9.03. The Labute approximate surface area is 89.4 Å². The van der Waals surface area contributed by atoms with Gasteiger partial charge in [0, 0.05) is 45.5 Å². The molecule has 0 aromatic carbocycles. The Kier molecular flexibility index (Phi) is 4.55. The highest BCUT2D eigenvalue weighted by atomic mass is 16.3. The van der Waals surface area contributed by atoms with Gasteiger partial charge in [0.1, 0.15) is 0 Å². The topological polar surface area (TPSA) is 69.6 Å². The van der Waals surface area contributed by atoms with E-state index in [1.807, 2.05) is 0 Å². The van der Waals surface area contributed by atoms with Crippen molar-refractivity contribution in [3.8, 4) is 0 Å². The maximum Gasteiger partial charge on any atom is 0.223 e. The first-order valence-electron chi connectivity index (χ1n) is 5.26. The van der Waals surface area contributed by atoms with E-state index in [2.05, 4.69) is 5.32 Å². The molecule has 0 aliphatic carbocycles. The molecule has 86 valence electrons. The number of nitrogens with zero attached hydrogens (tertiary/aromatic N) is 1. The Hall–Kier alpha value is -1.10. The molecule has 0 aromatic heterocycles. The molecule has 1 unspecified atom stereocenters. The minimum absolute atomic E-state index is 0.0454. The Bertz CT molecular complexity index is 243. The van der Waals surface area contributed by atoms with Crippen LogP contribution in [0, 0.1) is 5.92 Å². The predicted molar refractivity (Wildman–Crippen MR) is 55.1 cm³/mol. The molecule has 1 saturated heterocycles. The second kappa shape index (κ2) is 5.70. The Balaban J connectivity index is 2.16. The molecule has 0 radical (unpaired) electrons. The highest BCUT2D eigenvalue weighted by Crippen LogP contribution is 2.16. The number of aliphatic hydroxyl groups is 1. The van der Waals surface area contributed by atoms with Gasteiger partial charge in [0.2, 0.25) is 11.8 Å². The van der Waals surface area contributed by atoms with Crippen molar-refractivity contribution in [3.05, 3.63) is 0 Å². The van der Waals surface area contributed by atoms with Gasteiger partial charge in [0.15, 0.2) is 0 Å². The van der Waals surface area contributed by atoms with Crippen molar-refractivity contribution in [2.24, 2.45) is 5.92 Å². The zero-order valence-electron chi connectivity index (χ0n) is 9.03. The predicted octanol–water partition coefficient (Wildman–Crippen LogP) is -0.647. The number of nitrogens with one attached hydrogen (secondary N) is 1. The van der Waals surface area contributed by atoms with Gasteiger partial charge in [-0.1, -0.05) is 0 Å². The van der Waals surface area contributed by atoms with Gasteiger partial charge >= 0.3 is 0 Å². The van der Waals surface area contributed by atoms with Crippen LogP contribution in [-0.4, -0.2) is 48.1 Å². The number of hydrogen-bond acceptors (Lipinski definition) is 3. The van der Waals surface area contributed by atoms with Crippen molar-refractivity contribution in [3.63, 3.8) is 0 Å². The first-order chi connectivity index (χ1) is 7.13. The third kappa shape index (κ3) is 3.87. The van der Waals surface area contributed by atoms with E-state index in [4.69, 9.17) is 5.11 Å². The van der Waals surface area contributed by atoms with E-state index in [1.165, 1.54) is 6.92 Å². The molecule has 0 saturated carbocycles. The minimum atomic E-state index is -0.0454. The summed E-state index contributed by atoms with van der Waals surface area (Å²) in [4.78, 5) is 23.7. The Morgan fingerprint density at radius 1 is 1.67 bits per heavy atom. The summed E-state index contributed by atoms with van der Waals surface area (Å²) >= 11 is 0. The molecule has 0 spiro atoms. The van der Waals surface area contributed by atoms with Gasteiger partial charge in [-0.3, -0.25) is 9.59 Å². The van der Waals surface area contributed by atoms with Crippen molar-refractivity contribution >= 4 is 11.8 Å². The van der Waals surface area contributed by atoms with Gasteiger partial charge in [-0.2, -0.15) is 0 Å². The number of carbonyl (C=O) groups is 2. The molecule has 1 aliphatic rings. The van der Waals surface area contributed by atoms with Gasteiger partial charge in [-0.15, -0.1) is 0 Å². The molecule has 1 heterocycles. The van der Waals surface area contributed by atoms with Crippen LogP contribution in [0.5, 0.6) is 0 Å². The van der Waals surface area contributed by atoms with Crippen molar-refractivity contribution in [2.45, 2.75) is 19.8 Å². The third-order valence-electron chi connectivity index (χ3n) is 2.53. The lowest BCUT2D eigenvalue weighted by molar-refractivity contribution is -0.127. The van der Waals surface area contributed by atoms with Crippen molar-refractivity contribution in [2.75, 3.05) is 26.2 Å². The lowest BCUT2D eigenvalue weighted by atomic mass is 10.1. The van der Waals surface area contributed by atoms with Crippen LogP contribution in [0.2, 0.25) is 0 Å². The molecule has 5 nitrogen and oxygen atoms in total. The first-order valence-corrected chi connectivity index (χ1v) is 5.26. The molecule has 0 bridgehead atoms. The standard InChI is InChI=1S/C10H18N2O3/c1-8(14)11-3-2-4-12-6-9(7-13)5-10(12)15/h9,13H,2-7H2,1H3,(H,11,14). The number of hydrogen-bond donors (Lipinski definition) is 2. The fourth-order valence-electron chi connectivity index (χ4n) is 1.73. The van der Waals surface area contributed by atoms with Crippen molar-refractivity contribution in [1.82, 2.24) is 10.2 Å². The minimum Gasteiger partial charge on any atom is -0.396 e. The van der Waals surface area contributed by atoms with Crippen LogP contribution >= 0.6 is 0 Å². The average molecular weight is 214 g/mol. The lowest BCUT2D eigenvalue weighted by Gasteiger charge is -2.15. The maximum atomic E-state index is 11.4. The summed E-state index contributed by atoms with van der Waals surface area (Å²) in [6, 6.07) is 0. The molecule has 2 N–H and O–H groups in total. The van der Waals surface area contributed by atoms with E-state index in [1.54, 1.807) is 4.90 Å². The Morgan fingerprint density at radius 2 is 2.40 bits per heavy atom. The molecular weight excluding hydrogens is 196 g/mol. The fourth-order valence-corrected chi connectivity index (χ4v) is 1.73. The molecule has 2 amide bonds. The number of rotatable bonds is 5. The molecule has 1 aliphatic heterocycles. The monoisotopic (exact) mass is 214 g/mol. The summed E-state index contributed by atoms with van der Waals surface area (Å²) in [6.45, 7) is 3.46. The van der Waals surface area contributed by atoms with Crippen LogP contribution in [-0.2, 0) is 9.59 Å². The number of amides is 2. The summed E-state index contributed by atoms with van der Waals surface area (Å²) < 4.78 is 0. The van der Waals surface area contributed by atoms with Crippen LogP contribution in [0.1, 0.15) is 19.8 Å². The highest BCUT2D eigenvalue weighted by Gasteiger charge is 2.28. The smallest absolute Gasteiger partial charge is 0.223 e. The first kappa shape index (κ1) is 12.0. The van der Waals surface area contributed by atoms with Gasteiger partial charge in [0.05, 0.1) is 0 Å². The van der Waals surface area contributed by atoms with E-state index < -0.39 is 0 Å². The summed E-state index contributed by atoms with van der Waals surface area (Å²) in [5.74, 6) is 0.158. The zero-order chi connectivity index (χ0) is 11.3. The SMILES string of the molecule is CC(=O)NCCCN1CC(CO)CC1=O. The van der Waals surface area contributed by atoms with Gasteiger partial charge in [-0.05, 0) is 6.42 Å². The number of aliphatic hydroxyl groups excluding tert-OH is 1. The van der Waals surface area contributed by atoms with Crippen LogP contribution in [0.25, 0.3) is 0 Å². The number of likely N-dealkylation sites (tertiary alicyclic amines) is 1. The average Bonchev–Trinajstić information content (AvgIpc) is 2.54. The molecule has 5 heteroatoms. The quantitative estimate of drug-likeness (QED) is 0.598. The molecule has 0 aromatic rings. The summed E-state index contributed by atoms with van der Waals surface area (Å²) in [5, 5.41) is 11.6. The highest BCUT2D eigenvalue weighted by molar-refractivity contribution is 5.78. The molecule has 1 rings (SSSR count). The normalized spacial score (nSPS) is 20.8. The fraction of sp³-hybridized carbons (Fsp3) is 0.800. The van der Waals surface area contributed by atoms with Crippen LogP contribution < -0.4 is 5.32 Å². The largest absolute Gasteiger partial charge is 0.396 e. The van der Waals surface area contributed by atoms with E-state index in [-0.39, 0.29) is 24.3 Å². The van der Waals surface area contributed by atoms with E-state index in [0.29, 0.717) is 26.1 Å².